The molecule has 0 saturated heterocycles. The van der Waals surface area contributed by atoms with Crippen LogP contribution in [0.25, 0.3) is 0 Å². The Hall–Kier alpha value is -1.90. The Labute approximate surface area is 118 Å². The van der Waals surface area contributed by atoms with E-state index in [-0.39, 0.29) is 24.6 Å². The van der Waals surface area contributed by atoms with E-state index >= 15 is 0 Å². The summed E-state index contributed by atoms with van der Waals surface area (Å²) in [5.74, 6) is 5.49. The van der Waals surface area contributed by atoms with E-state index in [4.69, 9.17) is 10.5 Å². The molecule has 1 aromatic rings. The lowest BCUT2D eigenvalue weighted by Gasteiger charge is -2.35. The van der Waals surface area contributed by atoms with Crippen LogP contribution in [0.15, 0.2) is 18.5 Å². The van der Waals surface area contributed by atoms with E-state index in [2.05, 4.69) is 22.1 Å². The lowest BCUT2D eigenvalue weighted by Crippen LogP contribution is -2.47. The van der Waals surface area contributed by atoms with Gasteiger partial charge in [0.15, 0.2) is 0 Å². The van der Waals surface area contributed by atoms with Gasteiger partial charge in [0.25, 0.3) is 5.91 Å². The van der Waals surface area contributed by atoms with Crippen LogP contribution in [0, 0.1) is 11.8 Å². The van der Waals surface area contributed by atoms with E-state index in [1.165, 1.54) is 0 Å². The topological polar surface area (TPSA) is 77.2 Å². The number of nitrogens with one attached hydrogen (secondary N) is 1. The van der Waals surface area contributed by atoms with E-state index in [9.17, 15) is 4.79 Å². The van der Waals surface area contributed by atoms with E-state index in [1.54, 1.807) is 18.5 Å². The maximum atomic E-state index is 12.1. The number of amides is 1. The molecule has 0 aromatic carbocycles. The molecule has 20 heavy (non-hydrogen) atoms. The Morgan fingerprint density at radius 1 is 1.55 bits per heavy atom. The first-order chi connectivity index (χ1) is 9.72. The molecular formula is C15H19N3O2. The van der Waals surface area contributed by atoms with Gasteiger partial charge in [0, 0.05) is 30.6 Å². The molecule has 1 aromatic heterocycles. The molecule has 106 valence electrons. The highest BCUT2D eigenvalue weighted by Crippen LogP contribution is 2.23. The molecule has 3 N–H and O–H groups in total. The van der Waals surface area contributed by atoms with Gasteiger partial charge >= 0.3 is 0 Å². The standard InChI is InChI=1S/C15H19N3O2/c1-2-20-14-7-13(8-14)18-15(19)12-6-11(4-3-5-16)9-17-10-12/h6,9-10,13-14H,2,5,7-8,16H2,1H3,(H,18,19). The van der Waals surface area contributed by atoms with Crippen molar-refractivity contribution in [2.45, 2.75) is 31.9 Å². The van der Waals surface area contributed by atoms with Gasteiger partial charge < -0.3 is 15.8 Å². The van der Waals surface area contributed by atoms with Crippen molar-refractivity contribution in [1.82, 2.24) is 10.3 Å². The number of nitrogens with zero attached hydrogens (tertiary/aromatic N) is 1. The largest absolute Gasteiger partial charge is 0.378 e. The Balaban J connectivity index is 1.90. The predicted octanol–water partition coefficient (Wildman–Crippen LogP) is 0.689. The zero-order valence-corrected chi connectivity index (χ0v) is 11.6. The molecular weight excluding hydrogens is 254 g/mol. The first kappa shape index (κ1) is 14.5. The summed E-state index contributed by atoms with van der Waals surface area (Å²) in [6, 6.07) is 1.92. The Kier molecular flexibility index (Phi) is 5.10. The second-order valence-electron chi connectivity index (χ2n) is 4.69. The normalized spacial score (nSPS) is 20.5. The van der Waals surface area contributed by atoms with Crippen LogP contribution in [0.2, 0.25) is 0 Å². The van der Waals surface area contributed by atoms with Gasteiger partial charge in [-0.05, 0) is 25.8 Å². The van der Waals surface area contributed by atoms with Gasteiger partial charge in [-0.15, -0.1) is 0 Å². The Bertz CT molecular complexity index is 527. The number of hydrogen-bond donors (Lipinski definition) is 2. The minimum absolute atomic E-state index is 0.117. The van der Waals surface area contributed by atoms with Crippen molar-refractivity contribution < 1.29 is 9.53 Å². The zero-order valence-electron chi connectivity index (χ0n) is 11.6. The maximum Gasteiger partial charge on any atom is 0.253 e. The molecule has 1 aliphatic carbocycles. The highest BCUT2D eigenvalue weighted by Gasteiger charge is 2.30. The molecule has 5 nitrogen and oxygen atoms in total. The lowest BCUT2D eigenvalue weighted by atomic mass is 9.89. The zero-order chi connectivity index (χ0) is 14.4. The number of ether oxygens (including phenoxy) is 1. The minimum atomic E-state index is -0.117. The fourth-order valence-electron chi connectivity index (χ4n) is 2.11. The van der Waals surface area contributed by atoms with Crippen molar-refractivity contribution in [3.05, 3.63) is 29.6 Å². The van der Waals surface area contributed by atoms with Crippen LogP contribution in [0.5, 0.6) is 0 Å². The van der Waals surface area contributed by atoms with Gasteiger partial charge in [0.05, 0.1) is 18.2 Å². The average molecular weight is 273 g/mol. The number of rotatable bonds is 4. The summed E-state index contributed by atoms with van der Waals surface area (Å²) in [6.07, 6.45) is 5.19. The molecule has 0 radical (unpaired) electrons. The number of carbonyl (C=O) groups excluding carboxylic acids is 1. The van der Waals surface area contributed by atoms with Crippen LogP contribution in [-0.4, -0.2) is 36.2 Å². The van der Waals surface area contributed by atoms with E-state index in [0.29, 0.717) is 11.1 Å². The van der Waals surface area contributed by atoms with Crippen LogP contribution in [-0.2, 0) is 4.74 Å². The fourth-order valence-corrected chi connectivity index (χ4v) is 2.11. The first-order valence-electron chi connectivity index (χ1n) is 6.79. The van der Waals surface area contributed by atoms with Gasteiger partial charge in [-0.3, -0.25) is 9.78 Å². The summed E-state index contributed by atoms with van der Waals surface area (Å²) in [4.78, 5) is 16.1. The van der Waals surface area contributed by atoms with Gasteiger partial charge in [0.1, 0.15) is 0 Å². The van der Waals surface area contributed by atoms with Crippen molar-refractivity contribution in [3.63, 3.8) is 0 Å². The number of aromatic nitrogens is 1. The van der Waals surface area contributed by atoms with Crippen molar-refractivity contribution in [2.75, 3.05) is 13.2 Å². The second kappa shape index (κ2) is 7.04. The molecule has 1 aliphatic rings. The van der Waals surface area contributed by atoms with Crippen molar-refractivity contribution >= 4 is 5.91 Å². The number of nitrogens with two attached hydrogens (primary N) is 1. The molecule has 1 fully saturated rings. The predicted molar refractivity (Wildman–Crippen MR) is 76.1 cm³/mol. The monoisotopic (exact) mass is 273 g/mol. The second-order valence-corrected chi connectivity index (χ2v) is 4.69. The highest BCUT2D eigenvalue weighted by molar-refractivity contribution is 5.94. The van der Waals surface area contributed by atoms with Crippen molar-refractivity contribution in [3.8, 4) is 11.8 Å². The highest BCUT2D eigenvalue weighted by atomic mass is 16.5. The van der Waals surface area contributed by atoms with Gasteiger partial charge in [-0.1, -0.05) is 11.8 Å². The van der Waals surface area contributed by atoms with Gasteiger partial charge in [0.2, 0.25) is 0 Å². The van der Waals surface area contributed by atoms with E-state index in [0.717, 1.165) is 19.4 Å². The molecule has 1 amide bonds. The molecule has 5 heteroatoms. The maximum absolute atomic E-state index is 12.1. The molecule has 0 unspecified atom stereocenters. The van der Waals surface area contributed by atoms with Crippen molar-refractivity contribution in [1.29, 1.82) is 0 Å². The van der Waals surface area contributed by atoms with Gasteiger partial charge in [-0.25, -0.2) is 0 Å². The molecule has 1 heterocycles. The molecule has 0 bridgehead atoms. The average Bonchev–Trinajstić information content (AvgIpc) is 2.43. The SMILES string of the molecule is CCOC1CC(NC(=O)c2cncc(C#CCN)c2)C1. The summed E-state index contributed by atoms with van der Waals surface area (Å²) in [6.45, 7) is 2.99. The summed E-state index contributed by atoms with van der Waals surface area (Å²) >= 11 is 0. The number of pyridine rings is 1. The smallest absolute Gasteiger partial charge is 0.253 e. The van der Waals surface area contributed by atoms with Crippen LogP contribution >= 0.6 is 0 Å². The quantitative estimate of drug-likeness (QED) is 0.791. The molecule has 0 atom stereocenters. The summed E-state index contributed by atoms with van der Waals surface area (Å²) in [5, 5.41) is 2.97. The minimum Gasteiger partial charge on any atom is -0.378 e. The lowest BCUT2D eigenvalue weighted by molar-refractivity contribution is -0.00862. The molecule has 2 rings (SSSR count). The van der Waals surface area contributed by atoms with Gasteiger partial charge in [-0.2, -0.15) is 0 Å². The first-order valence-corrected chi connectivity index (χ1v) is 6.79. The Morgan fingerprint density at radius 3 is 3.05 bits per heavy atom. The van der Waals surface area contributed by atoms with E-state index in [1.807, 2.05) is 6.92 Å². The third kappa shape index (κ3) is 3.80. The third-order valence-corrected chi connectivity index (χ3v) is 3.17. The van der Waals surface area contributed by atoms with Crippen LogP contribution in [0.4, 0.5) is 0 Å². The molecule has 0 aliphatic heterocycles. The number of carbonyl (C=O) groups is 1. The summed E-state index contributed by atoms with van der Waals surface area (Å²) < 4.78 is 5.46. The molecule has 0 spiro atoms. The summed E-state index contributed by atoms with van der Waals surface area (Å²) in [5.41, 5.74) is 6.54. The third-order valence-electron chi connectivity index (χ3n) is 3.17. The van der Waals surface area contributed by atoms with Crippen LogP contribution in [0.3, 0.4) is 0 Å². The fraction of sp³-hybridized carbons (Fsp3) is 0.467. The summed E-state index contributed by atoms with van der Waals surface area (Å²) in [7, 11) is 0. The Morgan fingerprint density at radius 2 is 2.35 bits per heavy atom. The van der Waals surface area contributed by atoms with Crippen molar-refractivity contribution in [2.24, 2.45) is 5.73 Å². The molecule has 1 saturated carbocycles. The van der Waals surface area contributed by atoms with Crippen LogP contribution in [0.1, 0.15) is 35.7 Å². The number of hydrogen-bond acceptors (Lipinski definition) is 4. The van der Waals surface area contributed by atoms with E-state index < -0.39 is 0 Å². The van der Waals surface area contributed by atoms with Crippen LogP contribution < -0.4 is 11.1 Å².